The largest absolute Gasteiger partial charge is 0.504 e. The molecule has 100 valence electrons. The van der Waals surface area contributed by atoms with Crippen LogP contribution in [0.15, 0.2) is 10.5 Å². The van der Waals surface area contributed by atoms with Crippen LogP contribution >= 0.6 is 15.9 Å². The fourth-order valence-corrected chi connectivity index (χ4v) is 1.73. The average molecular weight is 327 g/mol. The lowest BCUT2D eigenvalue weighted by Crippen LogP contribution is -2.10. The number of hydrogen-bond acceptors (Lipinski definition) is 6. The lowest BCUT2D eigenvalue weighted by molar-refractivity contribution is -0.143. The van der Waals surface area contributed by atoms with Crippen LogP contribution in [0.3, 0.4) is 0 Å². The standard InChI is InChI=1S/C12H11BrN2O4/c1-2-19-10(17)4-3-9(16)11-12(18)8(13)5-7(6-14)15-11/h5,18H,2-4H2,1H3. The monoisotopic (exact) mass is 326 g/mol. The topological polar surface area (TPSA) is 100 Å². The van der Waals surface area contributed by atoms with Crippen LogP contribution in [0.2, 0.25) is 0 Å². The number of hydrogen-bond donors (Lipinski definition) is 1. The molecule has 0 atom stereocenters. The number of halogens is 1. The second kappa shape index (κ2) is 6.85. The Hall–Kier alpha value is -1.94. The molecule has 1 aromatic rings. The van der Waals surface area contributed by atoms with E-state index in [9.17, 15) is 14.7 Å². The number of carbonyl (C=O) groups excluding carboxylic acids is 2. The van der Waals surface area contributed by atoms with Gasteiger partial charge in [0.2, 0.25) is 0 Å². The fourth-order valence-electron chi connectivity index (χ4n) is 1.33. The summed E-state index contributed by atoms with van der Waals surface area (Å²) in [5, 5.41) is 18.4. The predicted molar refractivity (Wildman–Crippen MR) is 68.5 cm³/mol. The van der Waals surface area contributed by atoms with E-state index in [2.05, 4.69) is 20.9 Å². The maximum Gasteiger partial charge on any atom is 0.306 e. The van der Waals surface area contributed by atoms with Crippen molar-refractivity contribution in [3.63, 3.8) is 0 Å². The smallest absolute Gasteiger partial charge is 0.306 e. The lowest BCUT2D eigenvalue weighted by Gasteiger charge is -2.05. The normalized spacial score (nSPS) is 9.74. The van der Waals surface area contributed by atoms with Crippen molar-refractivity contribution in [2.24, 2.45) is 0 Å². The predicted octanol–water partition coefficient (Wildman–Crippen LogP) is 1.95. The van der Waals surface area contributed by atoms with Crippen molar-refractivity contribution >= 4 is 27.7 Å². The molecule has 0 spiro atoms. The molecule has 6 nitrogen and oxygen atoms in total. The molecular formula is C12H11BrN2O4. The zero-order valence-corrected chi connectivity index (χ0v) is 11.7. The number of esters is 1. The van der Waals surface area contributed by atoms with Crippen LogP contribution in [0.5, 0.6) is 5.75 Å². The molecule has 0 radical (unpaired) electrons. The zero-order valence-electron chi connectivity index (χ0n) is 10.1. The van der Waals surface area contributed by atoms with Gasteiger partial charge < -0.3 is 9.84 Å². The van der Waals surface area contributed by atoms with Crippen molar-refractivity contribution < 1.29 is 19.4 Å². The molecule has 1 aromatic heterocycles. The van der Waals surface area contributed by atoms with Crippen molar-refractivity contribution in [1.82, 2.24) is 4.98 Å². The van der Waals surface area contributed by atoms with Crippen molar-refractivity contribution in [3.05, 3.63) is 21.9 Å². The summed E-state index contributed by atoms with van der Waals surface area (Å²) in [6.07, 6.45) is -0.233. The van der Waals surface area contributed by atoms with E-state index in [0.29, 0.717) is 0 Å². The zero-order chi connectivity index (χ0) is 14.4. The number of aromatic nitrogens is 1. The van der Waals surface area contributed by atoms with Crippen molar-refractivity contribution in [1.29, 1.82) is 5.26 Å². The highest BCUT2D eigenvalue weighted by atomic mass is 79.9. The van der Waals surface area contributed by atoms with E-state index in [1.54, 1.807) is 13.0 Å². The second-order valence-corrected chi connectivity index (χ2v) is 4.38. The quantitative estimate of drug-likeness (QED) is 0.655. The third-order valence-corrected chi connectivity index (χ3v) is 2.79. The summed E-state index contributed by atoms with van der Waals surface area (Å²) >= 11 is 3.03. The molecule has 0 fully saturated rings. The number of nitrogens with zero attached hydrogens (tertiary/aromatic N) is 2. The van der Waals surface area contributed by atoms with Gasteiger partial charge in [-0.1, -0.05) is 0 Å². The van der Waals surface area contributed by atoms with E-state index < -0.39 is 11.8 Å². The van der Waals surface area contributed by atoms with Gasteiger partial charge in [-0.05, 0) is 28.9 Å². The van der Waals surface area contributed by atoms with Gasteiger partial charge in [-0.25, -0.2) is 4.98 Å². The minimum absolute atomic E-state index is 0.00385. The maximum atomic E-state index is 11.8. The Labute approximate surface area is 118 Å². The van der Waals surface area contributed by atoms with E-state index in [0.717, 1.165) is 0 Å². The van der Waals surface area contributed by atoms with E-state index in [-0.39, 0.29) is 41.1 Å². The summed E-state index contributed by atoms with van der Waals surface area (Å²) < 4.78 is 4.90. The number of rotatable bonds is 5. The van der Waals surface area contributed by atoms with Gasteiger partial charge in [0.15, 0.2) is 17.2 Å². The highest BCUT2D eigenvalue weighted by Gasteiger charge is 2.18. The summed E-state index contributed by atoms with van der Waals surface area (Å²) in [4.78, 5) is 26.7. The molecule has 0 aliphatic rings. The number of ketones is 1. The molecule has 0 bridgehead atoms. The molecule has 0 saturated carbocycles. The molecular weight excluding hydrogens is 316 g/mol. The van der Waals surface area contributed by atoms with Gasteiger partial charge in [-0.3, -0.25) is 9.59 Å². The molecule has 1 N–H and O–H groups in total. The third-order valence-electron chi connectivity index (χ3n) is 2.19. The van der Waals surface area contributed by atoms with Crippen molar-refractivity contribution in [2.45, 2.75) is 19.8 Å². The Morgan fingerprint density at radius 1 is 1.53 bits per heavy atom. The Bertz CT molecular complexity index is 551. The molecule has 0 saturated heterocycles. The molecule has 0 amide bonds. The van der Waals surface area contributed by atoms with Crippen LogP contribution in [0.25, 0.3) is 0 Å². The number of aromatic hydroxyl groups is 1. The highest BCUT2D eigenvalue weighted by Crippen LogP contribution is 2.28. The van der Waals surface area contributed by atoms with E-state index in [1.807, 2.05) is 0 Å². The minimum Gasteiger partial charge on any atom is -0.504 e. The number of pyridine rings is 1. The molecule has 1 heterocycles. The van der Waals surface area contributed by atoms with E-state index in [1.165, 1.54) is 6.07 Å². The van der Waals surface area contributed by atoms with Crippen LogP contribution in [0.1, 0.15) is 35.9 Å². The SMILES string of the molecule is CCOC(=O)CCC(=O)c1nc(C#N)cc(Br)c1O. The first kappa shape index (κ1) is 15.1. The summed E-state index contributed by atoms with van der Waals surface area (Å²) in [6, 6.07) is 3.08. The van der Waals surface area contributed by atoms with E-state index >= 15 is 0 Å². The van der Waals surface area contributed by atoms with Crippen LogP contribution < -0.4 is 0 Å². The fraction of sp³-hybridized carbons (Fsp3) is 0.333. The third kappa shape index (κ3) is 4.03. The first-order valence-corrected chi connectivity index (χ1v) is 6.27. The van der Waals surface area contributed by atoms with Crippen molar-refractivity contribution in [2.75, 3.05) is 6.61 Å². The first-order valence-electron chi connectivity index (χ1n) is 5.48. The minimum atomic E-state index is -0.525. The molecule has 19 heavy (non-hydrogen) atoms. The van der Waals surface area contributed by atoms with Gasteiger partial charge in [-0.2, -0.15) is 5.26 Å². The van der Waals surface area contributed by atoms with Gasteiger partial charge in [0.1, 0.15) is 11.8 Å². The maximum absolute atomic E-state index is 11.8. The number of Topliss-reactive ketones (excluding diaryl/α,β-unsaturated/α-hetero) is 1. The van der Waals surface area contributed by atoms with E-state index in [4.69, 9.17) is 10.00 Å². The van der Waals surface area contributed by atoms with Gasteiger partial charge in [-0.15, -0.1) is 0 Å². The number of carbonyl (C=O) groups is 2. The summed E-state index contributed by atoms with van der Waals surface area (Å²) in [6.45, 7) is 1.91. The van der Waals surface area contributed by atoms with Gasteiger partial charge in [0.05, 0.1) is 17.5 Å². The summed E-state index contributed by atoms with van der Waals surface area (Å²) in [5.41, 5.74) is -0.223. The van der Waals surface area contributed by atoms with Crippen LogP contribution in [-0.2, 0) is 9.53 Å². The first-order chi connectivity index (χ1) is 8.99. The molecule has 7 heteroatoms. The van der Waals surface area contributed by atoms with Crippen LogP contribution in [-0.4, -0.2) is 28.4 Å². The lowest BCUT2D eigenvalue weighted by atomic mass is 10.1. The molecule has 0 aliphatic heterocycles. The van der Waals surface area contributed by atoms with Crippen LogP contribution in [0.4, 0.5) is 0 Å². The number of nitriles is 1. The molecule has 0 unspecified atom stereocenters. The molecule has 0 aromatic carbocycles. The molecule has 0 aliphatic carbocycles. The average Bonchev–Trinajstić information content (AvgIpc) is 2.39. The Kier molecular flexibility index (Phi) is 5.45. The summed E-state index contributed by atoms with van der Waals surface area (Å²) in [5.74, 6) is -1.36. The Morgan fingerprint density at radius 2 is 2.21 bits per heavy atom. The number of ether oxygens (including phenoxy) is 1. The van der Waals surface area contributed by atoms with Gasteiger partial charge >= 0.3 is 5.97 Å². The van der Waals surface area contributed by atoms with Gasteiger partial charge in [0, 0.05) is 6.42 Å². The Balaban J connectivity index is 2.85. The molecule has 1 rings (SSSR count). The highest BCUT2D eigenvalue weighted by molar-refractivity contribution is 9.10. The van der Waals surface area contributed by atoms with Gasteiger partial charge in [0.25, 0.3) is 0 Å². The Morgan fingerprint density at radius 3 is 2.79 bits per heavy atom. The van der Waals surface area contributed by atoms with Crippen molar-refractivity contribution in [3.8, 4) is 11.8 Å². The summed E-state index contributed by atoms with van der Waals surface area (Å²) in [7, 11) is 0. The van der Waals surface area contributed by atoms with Crippen LogP contribution in [0, 0.1) is 11.3 Å². The second-order valence-electron chi connectivity index (χ2n) is 3.53.